The Balaban J connectivity index is 0.000000228. The number of carbonyl (C=O) groups is 1. The number of fused-ring (bicyclic) bond motifs is 1. The number of amides is 1. The van der Waals surface area contributed by atoms with Gasteiger partial charge in [-0.1, -0.05) is 39.7 Å². The average molecular weight is 696 g/mol. The van der Waals surface area contributed by atoms with E-state index in [9.17, 15) is 9.90 Å². The minimum atomic E-state index is -0.0959. The lowest BCUT2D eigenvalue weighted by atomic mass is 9.95. The highest BCUT2D eigenvalue weighted by Gasteiger charge is 2.28. The molecule has 3 atom stereocenters. The number of nitrogens with one attached hydrogen (secondary N) is 2. The number of aliphatic hydroxyl groups is 1. The Kier molecular flexibility index (Phi) is 15.3. The van der Waals surface area contributed by atoms with Crippen molar-refractivity contribution < 1.29 is 14.6 Å². The van der Waals surface area contributed by atoms with E-state index in [0.29, 0.717) is 36.2 Å². The van der Waals surface area contributed by atoms with Crippen molar-refractivity contribution in [1.29, 1.82) is 0 Å². The number of ether oxygens (including phenoxy) is 1. The highest BCUT2D eigenvalue weighted by atomic mass is 16.5. The molecule has 4 fully saturated rings. The van der Waals surface area contributed by atoms with Crippen molar-refractivity contribution in [2.24, 2.45) is 17.6 Å². The molecule has 4 aliphatic heterocycles. The molecule has 10 nitrogen and oxygen atoms in total. The largest absolute Gasteiger partial charge is 0.493 e. The second-order valence-electron chi connectivity index (χ2n) is 16.3. The van der Waals surface area contributed by atoms with Gasteiger partial charge in [0.05, 0.1) is 12.7 Å². The molecule has 50 heavy (non-hydrogen) atoms. The van der Waals surface area contributed by atoms with Crippen LogP contribution in [0.3, 0.4) is 0 Å². The number of piperidine rings is 3. The minimum Gasteiger partial charge on any atom is -0.493 e. The first kappa shape index (κ1) is 39.0. The van der Waals surface area contributed by atoms with Gasteiger partial charge in [-0.15, -0.1) is 0 Å². The number of aromatic nitrogens is 1. The van der Waals surface area contributed by atoms with Crippen LogP contribution in [0.4, 0.5) is 0 Å². The highest BCUT2D eigenvalue weighted by molar-refractivity contribution is 5.99. The molecule has 0 aliphatic carbocycles. The maximum Gasteiger partial charge on any atom is 0.267 e. The molecule has 0 spiro atoms. The first-order chi connectivity index (χ1) is 24.1. The Morgan fingerprint density at radius 2 is 1.58 bits per heavy atom. The smallest absolute Gasteiger partial charge is 0.267 e. The summed E-state index contributed by atoms with van der Waals surface area (Å²) in [5, 5.41) is 14.0. The standard InChI is InChI=1S/C26H40N4O2.C14H29N3O/c1-20(2)19-32-25-9-7-8-23-22(25)18-24(28-23)26(31)27-21-10-14-30(15-11-21)17-16-29-12-5-3-4-6-13-29;1-11-9-17(8-5-14(11)18)12(2)10-16-6-3-13(15)4-7-16/h7-9,18,20-21,28H,3-6,10-17,19H2,1-2H3,(H,27,31);11-14,18H,3-10,15H2,1-2H3/t;11-,12-,14-/m.0/s1. The van der Waals surface area contributed by atoms with Crippen molar-refractivity contribution in [2.75, 3.05) is 78.6 Å². The van der Waals surface area contributed by atoms with Crippen LogP contribution in [0.2, 0.25) is 0 Å². The van der Waals surface area contributed by atoms with E-state index in [1.165, 1.54) is 45.3 Å². The molecule has 5 heterocycles. The molecule has 2 aromatic rings. The number of H-pyrrole nitrogens is 1. The van der Waals surface area contributed by atoms with Gasteiger partial charge < -0.3 is 40.6 Å². The summed E-state index contributed by atoms with van der Waals surface area (Å²) in [5.41, 5.74) is 7.50. The number of aromatic amines is 1. The number of rotatable bonds is 11. The lowest BCUT2D eigenvalue weighted by Crippen LogP contribution is -2.51. The van der Waals surface area contributed by atoms with Gasteiger partial charge in [-0.05, 0) is 108 Å². The summed E-state index contributed by atoms with van der Waals surface area (Å²) in [4.78, 5) is 26.5. The first-order valence-corrected chi connectivity index (χ1v) is 20.0. The summed E-state index contributed by atoms with van der Waals surface area (Å²) in [7, 11) is 0. The van der Waals surface area contributed by atoms with Crippen LogP contribution in [0.1, 0.15) is 96.0 Å². The van der Waals surface area contributed by atoms with Crippen molar-refractivity contribution >= 4 is 16.8 Å². The van der Waals surface area contributed by atoms with Gasteiger partial charge in [0.1, 0.15) is 11.4 Å². The lowest BCUT2D eigenvalue weighted by Gasteiger charge is -2.41. The number of nitrogens with two attached hydrogens (primary N) is 1. The van der Waals surface area contributed by atoms with Crippen LogP contribution in [-0.2, 0) is 0 Å². The number of nitrogens with zero attached hydrogens (tertiary/aromatic N) is 4. The molecule has 1 amide bonds. The predicted molar refractivity (Wildman–Crippen MR) is 205 cm³/mol. The minimum absolute atomic E-state index is 0.0148. The normalized spacial score (nSPS) is 24.9. The highest BCUT2D eigenvalue weighted by Crippen LogP contribution is 2.27. The van der Waals surface area contributed by atoms with E-state index in [4.69, 9.17) is 10.5 Å². The summed E-state index contributed by atoms with van der Waals surface area (Å²) in [6.07, 6.45) is 10.7. The van der Waals surface area contributed by atoms with Crippen molar-refractivity contribution in [3.63, 3.8) is 0 Å². The van der Waals surface area contributed by atoms with Crippen LogP contribution in [0.5, 0.6) is 5.75 Å². The van der Waals surface area contributed by atoms with Gasteiger partial charge in [0.15, 0.2) is 0 Å². The van der Waals surface area contributed by atoms with Gasteiger partial charge in [0, 0.05) is 74.8 Å². The summed E-state index contributed by atoms with van der Waals surface area (Å²) < 4.78 is 5.95. The molecule has 5 N–H and O–H groups in total. The van der Waals surface area contributed by atoms with Gasteiger partial charge >= 0.3 is 0 Å². The van der Waals surface area contributed by atoms with Gasteiger partial charge in [0.2, 0.25) is 0 Å². The van der Waals surface area contributed by atoms with Crippen LogP contribution in [0.15, 0.2) is 24.3 Å². The predicted octanol–water partition coefficient (Wildman–Crippen LogP) is 4.77. The van der Waals surface area contributed by atoms with Crippen molar-refractivity contribution in [3.8, 4) is 5.75 Å². The Morgan fingerprint density at radius 3 is 2.24 bits per heavy atom. The number of aliphatic hydroxyl groups excluding tert-OH is 1. The molecule has 0 radical (unpaired) electrons. The third-order valence-corrected chi connectivity index (χ3v) is 11.5. The fourth-order valence-electron chi connectivity index (χ4n) is 8.03. The van der Waals surface area contributed by atoms with Crippen LogP contribution in [0.25, 0.3) is 10.9 Å². The van der Waals surface area contributed by atoms with E-state index in [0.717, 1.165) is 101 Å². The quantitative estimate of drug-likeness (QED) is 0.266. The van der Waals surface area contributed by atoms with Crippen LogP contribution < -0.4 is 15.8 Å². The molecule has 1 aromatic heterocycles. The fourth-order valence-corrected chi connectivity index (χ4v) is 8.03. The van der Waals surface area contributed by atoms with Crippen LogP contribution in [0, 0.1) is 11.8 Å². The molecule has 4 saturated heterocycles. The summed E-state index contributed by atoms with van der Waals surface area (Å²) in [6.45, 7) is 22.0. The second kappa shape index (κ2) is 19.6. The SMILES string of the molecule is CC(C)COc1cccc2[nH]c(C(=O)NC3CCN(CCN4CCCCCC4)CC3)cc12.C[C@H]1CN([C@@H](C)CN2CCC(N)CC2)CC[C@@H]1O. The van der Waals surface area contributed by atoms with Gasteiger partial charge in [-0.3, -0.25) is 9.69 Å². The van der Waals surface area contributed by atoms with Gasteiger partial charge in [-0.2, -0.15) is 0 Å². The molecule has 4 aliphatic rings. The molecule has 0 saturated carbocycles. The molecular weight excluding hydrogens is 626 g/mol. The summed E-state index contributed by atoms with van der Waals surface area (Å²) in [5.74, 6) is 1.70. The summed E-state index contributed by atoms with van der Waals surface area (Å²) in [6, 6.07) is 9.13. The zero-order valence-electron chi connectivity index (χ0n) is 31.8. The van der Waals surface area contributed by atoms with E-state index < -0.39 is 0 Å². The zero-order valence-corrected chi connectivity index (χ0v) is 31.8. The van der Waals surface area contributed by atoms with E-state index >= 15 is 0 Å². The molecule has 10 heteroatoms. The van der Waals surface area contributed by atoms with E-state index in [2.05, 4.69) is 57.6 Å². The lowest BCUT2D eigenvalue weighted by molar-refractivity contribution is 0.0119. The molecule has 282 valence electrons. The number of hydrogen-bond donors (Lipinski definition) is 4. The maximum atomic E-state index is 12.9. The number of carbonyl (C=O) groups excluding carboxylic acids is 1. The third-order valence-electron chi connectivity index (χ3n) is 11.5. The zero-order chi connectivity index (χ0) is 35.5. The number of likely N-dealkylation sites (tertiary alicyclic amines) is 4. The maximum absolute atomic E-state index is 12.9. The van der Waals surface area contributed by atoms with Gasteiger partial charge in [-0.25, -0.2) is 0 Å². The topological polar surface area (TPSA) is 113 Å². The molecule has 6 rings (SSSR count). The van der Waals surface area contributed by atoms with Gasteiger partial charge in [0.25, 0.3) is 5.91 Å². The molecule has 1 aromatic carbocycles. The van der Waals surface area contributed by atoms with E-state index in [1.54, 1.807) is 0 Å². The van der Waals surface area contributed by atoms with Crippen molar-refractivity contribution in [3.05, 3.63) is 30.0 Å². The van der Waals surface area contributed by atoms with Crippen LogP contribution in [-0.4, -0.2) is 138 Å². The van der Waals surface area contributed by atoms with Crippen LogP contribution >= 0.6 is 0 Å². The Hall–Kier alpha value is -2.21. The average Bonchev–Trinajstić information content (AvgIpc) is 3.39. The molecular formula is C40H69N7O3. The Morgan fingerprint density at radius 1 is 0.920 bits per heavy atom. The summed E-state index contributed by atoms with van der Waals surface area (Å²) >= 11 is 0. The fraction of sp³-hybridized carbons (Fsp3) is 0.775. The number of benzene rings is 1. The number of hydrogen-bond acceptors (Lipinski definition) is 8. The van der Waals surface area contributed by atoms with E-state index in [1.807, 2.05) is 24.3 Å². The first-order valence-electron chi connectivity index (χ1n) is 20.0. The molecule has 0 unspecified atom stereocenters. The second-order valence-corrected chi connectivity index (χ2v) is 16.3. The van der Waals surface area contributed by atoms with E-state index in [-0.39, 0.29) is 18.1 Å². The third kappa shape index (κ3) is 11.9. The van der Waals surface area contributed by atoms with Crippen molar-refractivity contribution in [2.45, 2.75) is 110 Å². The Bertz CT molecular complexity index is 1280. The molecule has 0 bridgehead atoms. The Labute approximate surface area is 302 Å². The monoisotopic (exact) mass is 696 g/mol. The van der Waals surface area contributed by atoms with Crippen molar-refractivity contribution in [1.82, 2.24) is 29.9 Å².